The molecule has 0 aliphatic carbocycles. The number of hydrogen-bond donors (Lipinski definition) is 0. The van der Waals surface area contributed by atoms with E-state index in [1.54, 1.807) is 6.92 Å². The summed E-state index contributed by atoms with van der Waals surface area (Å²) in [6.07, 6.45) is 1.51. The van der Waals surface area contributed by atoms with E-state index >= 15 is 0 Å². The fraction of sp³-hybridized carbons (Fsp3) is 0.471. The van der Waals surface area contributed by atoms with E-state index < -0.39 is 5.60 Å². The molecule has 0 fully saturated rings. The number of ether oxygens (including phenoxy) is 1. The van der Waals surface area contributed by atoms with Crippen molar-refractivity contribution in [3.8, 4) is 0 Å². The van der Waals surface area contributed by atoms with Gasteiger partial charge in [-0.05, 0) is 44.7 Å². The summed E-state index contributed by atoms with van der Waals surface area (Å²) in [4.78, 5) is 11.9. The maximum atomic E-state index is 11.9. The quantitative estimate of drug-likeness (QED) is 0.578. The molecule has 0 atom stereocenters. The Hall–Kier alpha value is -1.57. The molecule has 0 saturated heterocycles. The first-order chi connectivity index (χ1) is 8.86. The lowest BCUT2D eigenvalue weighted by molar-refractivity contribution is -0.157. The van der Waals surface area contributed by atoms with Crippen LogP contribution in [0.4, 0.5) is 0 Å². The Labute approximate surface area is 116 Å². The standard InChI is InChI=1S/C17H24O2/c1-7-17(8-2,19-16(18)12(3)4)15-11-13(5)9-10-14(15)6/h9-11H,3,7-8H2,1-2,4-6H3. The van der Waals surface area contributed by atoms with Crippen molar-refractivity contribution in [2.24, 2.45) is 0 Å². The predicted molar refractivity (Wildman–Crippen MR) is 79.1 cm³/mol. The van der Waals surface area contributed by atoms with Crippen molar-refractivity contribution in [1.29, 1.82) is 0 Å². The van der Waals surface area contributed by atoms with Gasteiger partial charge in [0.15, 0.2) is 0 Å². The molecule has 0 aliphatic heterocycles. The summed E-state index contributed by atoms with van der Waals surface area (Å²) in [5, 5.41) is 0. The zero-order valence-corrected chi connectivity index (χ0v) is 12.7. The third kappa shape index (κ3) is 3.25. The Morgan fingerprint density at radius 2 is 1.84 bits per heavy atom. The molecule has 19 heavy (non-hydrogen) atoms. The molecule has 1 aromatic carbocycles. The maximum Gasteiger partial charge on any atom is 0.333 e. The summed E-state index contributed by atoms with van der Waals surface area (Å²) in [6.45, 7) is 13.6. The predicted octanol–water partition coefficient (Wildman–Crippen LogP) is 4.44. The van der Waals surface area contributed by atoms with Gasteiger partial charge in [0.2, 0.25) is 0 Å². The van der Waals surface area contributed by atoms with Crippen LogP contribution in [0.15, 0.2) is 30.4 Å². The lowest BCUT2D eigenvalue weighted by atomic mass is 9.84. The van der Waals surface area contributed by atoms with Crippen molar-refractivity contribution < 1.29 is 9.53 Å². The Morgan fingerprint density at radius 3 is 2.32 bits per heavy atom. The molecule has 0 saturated carbocycles. The van der Waals surface area contributed by atoms with Gasteiger partial charge in [-0.2, -0.15) is 0 Å². The summed E-state index contributed by atoms with van der Waals surface area (Å²) < 4.78 is 5.78. The topological polar surface area (TPSA) is 26.3 Å². The lowest BCUT2D eigenvalue weighted by Crippen LogP contribution is -2.32. The molecule has 104 valence electrons. The Balaban J connectivity index is 3.28. The second kappa shape index (κ2) is 6.05. The Morgan fingerprint density at radius 1 is 1.26 bits per heavy atom. The summed E-state index contributed by atoms with van der Waals surface area (Å²) in [6, 6.07) is 6.28. The zero-order chi connectivity index (χ0) is 14.6. The first-order valence-electron chi connectivity index (χ1n) is 6.83. The van der Waals surface area contributed by atoms with Gasteiger partial charge in [-0.25, -0.2) is 4.79 Å². The van der Waals surface area contributed by atoms with Gasteiger partial charge in [-0.15, -0.1) is 0 Å². The molecule has 1 rings (SSSR count). The van der Waals surface area contributed by atoms with E-state index in [-0.39, 0.29) is 5.97 Å². The second-order valence-corrected chi connectivity index (χ2v) is 5.19. The minimum absolute atomic E-state index is 0.315. The number of rotatable bonds is 5. The van der Waals surface area contributed by atoms with E-state index in [4.69, 9.17) is 4.74 Å². The van der Waals surface area contributed by atoms with Crippen LogP contribution in [0, 0.1) is 13.8 Å². The third-order valence-electron chi connectivity index (χ3n) is 3.66. The van der Waals surface area contributed by atoms with E-state index in [2.05, 4.69) is 52.5 Å². The highest BCUT2D eigenvalue weighted by molar-refractivity contribution is 5.87. The molecule has 0 bridgehead atoms. The van der Waals surface area contributed by atoms with Crippen LogP contribution in [-0.4, -0.2) is 5.97 Å². The fourth-order valence-corrected chi connectivity index (χ4v) is 2.32. The minimum Gasteiger partial charge on any atom is -0.451 e. The van der Waals surface area contributed by atoms with Gasteiger partial charge >= 0.3 is 5.97 Å². The molecule has 0 aromatic heterocycles. The molecule has 0 unspecified atom stereocenters. The van der Waals surface area contributed by atoms with E-state index in [0.717, 1.165) is 24.0 Å². The Bertz CT molecular complexity index is 482. The smallest absolute Gasteiger partial charge is 0.333 e. The summed E-state index contributed by atoms with van der Waals surface area (Å²) in [5.74, 6) is -0.315. The third-order valence-corrected chi connectivity index (χ3v) is 3.66. The Kier molecular flexibility index (Phi) is 4.93. The van der Waals surface area contributed by atoms with Crippen molar-refractivity contribution >= 4 is 5.97 Å². The van der Waals surface area contributed by atoms with Crippen LogP contribution >= 0.6 is 0 Å². The van der Waals surface area contributed by atoms with Crippen LogP contribution in [0.3, 0.4) is 0 Å². The molecular formula is C17H24O2. The average molecular weight is 260 g/mol. The van der Waals surface area contributed by atoms with Gasteiger partial charge in [0.05, 0.1) is 0 Å². The normalized spacial score (nSPS) is 11.2. The van der Waals surface area contributed by atoms with Gasteiger partial charge in [-0.3, -0.25) is 0 Å². The summed E-state index contributed by atoms with van der Waals surface area (Å²) >= 11 is 0. The first-order valence-corrected chi connectivity index (χ1v) is 6.83. The molecule has 0 aliphatic rings. The van der Waals surface area contributed by atoms with Crippen LogP contribution in [0.25, 0.3) is 0 Å². The van der Waals surface area contributed by atoms with E-state index in [1.807, 2.05) is 0 Å². The molecule has 0 radical (unpaired) electrons. The molecule has 2 nitrogen and oxygen atoms in total. The number of benzene rings is 1. The van der Waals surface area contributed by atoms with Crippen LogP contribution < -0.4 is 0 Å². The van der Waals surface area contributed by atoms with Crippen molar-refractivity contribution in [2.45, 2.75) is 53.1 Å². The lowest BCUT2D eigenvalue weighted by Gasteiger charge is -2.33. The van der Waals surface area contributed by atoms with Gasteiger partial charge in [-0.1, -0.05) is 44.2 Å². The molecule has 2 heteroatoms. The SMILES string of the molecule is C=C(C)C(=O)OC(CC)(CC)c1cc(C)ccc1C. The van der Waals surface area contributed by atoms with Crippen LogP contribution in [-0.2, 0) is 15.1 Å². The van der Waals surface area contributed by atoms with Gasteiger partial charge < -0.3 is 4.74 Å². The first kappa shape index (κ1) is 15.5. The maximum absolute atomic E-state index is 11.9. The highest BCUT2D eigenvalue weighted by Crippen LogP contribution is 2.36. The molecule has 1 aromatic rings. The van der Waals surface area contributed by atoms with Crippen molar-refractivity contribution in [3.63, 3.8) is 0 Å². The summed E-state index contributed by atoms with van der Waals surface area (Å²) in [5.41, 5.74) is 3.33. The van der Waals surface area contributed by atoms with Gasteiger partial charge in [0.1, 0.15) is 5.60 Å². The monoisotopic (exact) mass is 260 g/mol. The molecular weight excluding hydrogens is 236 g/mol. The van der Waals surface area contributed by atoms with Crippen molar-refractivity contribution in [1.82, 2.24) is 0 Å². The fourth-order valence-electron chi connectivity index (χ4n) is 2.32. The number of carbonyl (C=O) groups excluding carboxylic acids is 1. The van der Waals surface area contributed by atoms with Crippen molar-refractivity contribution in [3.05, 3.63) is 47.0 Å². The number of carbonyl (C=O) groups is 1. The zero-order valence-electron chi connectivity index (χ0n) is 12.7. The number of hydrogen-bond acceptors (Lipinski definition) is 2. The number of esters is 1. The van der Waals surface area contributed by atoms with Gasteiger partial charge in [0, 0.05) is 5.57 Å². The number of aryl methyl sites for hydroxylation is 2. The minimum atomic E-state index is -0.549. The van der Waals surface area contributed by atoms with E-state index in [0.29, 0.717) is 5.57 Å². The largest absolute Gasteiger partial charge is 0.451 e. The highest BCUT2D eigenvalue weighted by Gasteiger charge is 2.34. The molecule has 0 heterocycles. The van der Waals surface area contributed by atoms with Crippen LogP contribution in [0.5, 0.6) is 0 Å². The molecule has 0 N–H and O–H groups in total. The summed E-state index contributed by atoms with van der Waals surface area (Å²) in [7, 11) is 0. The van der Waals surface area contributed by atoms with E-state index in [9.17, 15) is 4.79 Å². The molecule has 0 spiro atoms. The molecule has 0 amide bonds. The van der Waals surface area contributed by atoms with Crippen LogP contribution in [0.1, 0.15) is 50.3 Å². The second-order valence-electron chi connectivity index (χ2n) is 5.19. The van der Waals surface area contributed by atoms with E-state index in [1.165, 1.54) is 5.56 Å². The van der Waals surface area contributed by atoms with Crippen molar-refractivity contribution in [2.75, 3.05) is 0 Å². The average Bonchev–Trinajstić information content (AvgIpc) is 2.38. The van der Waals surface area contributed by atoms with Crippen LogP contribution in [0.2, 0.25) is 0 Å². The van der Waals surface area contributed by atoms with Gasteiger partial charge in [0.25, 0.3) is 0 Å². The highest BCUT2D eigenvalue weighted by atomic mass is 16.6.